The molecule has 0 amide bonds. The van der Waals surface area contributed by atoms with Crippen LogP contribution in [0.4, 0.5) is 0 Å². The van der Waals surface area contributed by atoms with Gasteiger partial charge in [-0.25, -0.2) is 4.79 Å². The van der Waals surface area contributed by atoms with Gasteiger partial charge in [0.25, 0.3) is 0 Å². The van der Waals surface area contributed by atoms with Crippen molar-refractivity contribution in [1.29, 1.82) is 0 Å². The third kappa shape index (κ3) is 12.6. The van der Waals surface area contributed by atoms with Crippen molar-refractivity contribution in [3.8, 4) is 5.75 Å². The first-order valence-corrected chi connectivity index (χ1v) is 11.8. The van der Waals surface area contributed by atoms with E-state index in [-0.39, 0.29) is 17.4 Å². The Labute approximate surface area is 177 Å². The van der Waals surface area contributed by atoms with Crippen molar-refractivity contribution in [2.75, 3.05) is 0 Å². The molecule has 1 atom stereocenters. The third-order valence-corrected chi connectivity index (χ3v) is 5.37. The molecule has 0 aliphatic carbocycles. The van der Waals surface area contributed by atoms with E-state index >= 15 is 0 Å². The van der Waals surface area contributed by atoms with Crippen molar-refractivity contribution in [2.45, 2.75) is 116 Å². The third-order valence-electron chi connectivity index (χ3n) is 5.37. The highest BCUT2D eigenvalue weighted by molar-refractivity contribution is 5.91. The summed E-state index contributed by atoms with van der Waals surface area (Å²) in [7, 11) is 0. The summed E-state index contributed by atoms with van der Waals surface area (Å²) in [5.74, 6) is -0.729. The molecular weight excluding hydrogens is 364 g/mol. The highest BCUT2D eigenvalue weighted by Crippen LogP contribution is 2.19. The van der Waals surface area contributed by atoms with Gasteiger partial charge in [0, 0.05) is 0 Å². The second-order valence-corrected chi connectivity index (χ2v) is 8.07. The molecule has 4 heteroatoms. The summed E-state index contributed by atoms with van der Waals surface area (Å²) in [6, 6.07) is 6.35. The molecule has 0 saturated heterocycles. The van der Waals surface area contributed by atoms with E-state index in [1.807, 2.05) is 0 Å². The second kappa shape index (κ2) is 17.3. The Bertz CT molecular complexity index is 529. The van der Waals surface area contributed by atoms with Crippen LogP contribution in [0.1, 0.15) is 121 Å². The van der Waals surface area contributed by atoms with Crippen LogP contribution in [0.2, 0.25) is 0 Å². The number of benzene rings is 1. The maximum atomic E-state index is 12.0. The Morgan fingerprint density at radius 3 is 1.90 bits per heavy atom. The molecule has 0 aliphatic rings. The van der Waals surface area contributed by atoms with Gasteiger partial charge in [-0.2, -0.15) is 4.89 Å². The van der Waals surface area contributed by atoms with Crippen molar-refractivity contribution < 1.29 is 19.7 Å². The van der Waals surface area contributed by atoms with Gasteiger partial charge in [-0.3, -0.25) is 4.89 Å². The zero-order valence-corrected chi connectivity index (χ0v) is 18.7. The topological polar surface area (TPSA) is 55.8 Å². The van der Waals surface area contributed by atoms with Crippen molar-refractivity contribution >= 4 is 5.97 Å². The van der Waals surface area contributed by atoms with Crippen LogP contribution < -0.4 is 0 Å². The molecule has 1 aromatic carbocycles. The maximum absolute atomic E-state index is 12.0. The van der Waals surface area contributed by atoms with E-state index in [9.17, 15) is 9.90 Å². The molecule has 29 heavy (non-hydrogen) atoms. The average Bonchev–Trinajstić information content (AvgIpc) is 2.72. The van der Waals surface area contributed by atoms with E-state index < -0.39 is 5.97 Å². The van der Waals surface area contributed by atoms with Crippen LogP contribution >= 0.6 is 0 Å². The minimum atomic E-state index is -0.640. The summed E-state index contributed by atoms with van der Waals surface area (Å²) < 4.78 is 0. The summed E-state index contributed by atoms with van der Waals surface area (Å²) in [6.45, 7) is 4.36. The summed E-state index contributed by atoms with van der Waals surface area (Å²) in [4.78, 5) is 22.4. The lowest BCUT2D eigenvalue weighted by molar-refractivity contribution is -0.277. The minimum Gasteiger partial charge on any atom is -0.507 e. The lowest BCUT2D eigenvalue weighted by atomic mass is 10.0. The highest BCUT2D eigenvalue weighted by Gasteiger charge is 2.16. The van der Waals surface area contributed by atoms with Crippen LogP contribution in [0, 0.1) is 0 Å². The fourth-order valence-electron chi connectivity index (χ4n) is 3.58. The van der Waals surface area contributed by atoms with Crippen molar-refractivity contribution in [2.24, 2.45) is 0 Å². The summed E-state index contributed by atoms with van der Waals surface area (Å²) >= 11 is 0. The largest absolute Gasteiger partial charge is 0.507 e. The number of hydrogen-bond acceptors (Lipinski definition) is 4. The van der Waals surface area contributed by atoms with Gasteiger partial charge in [0.05, 0.1) is 0 Å². The molecule has 0 radical (unpaired) electrons. The van der Waals surface area contributed by atoms with Gasteiger partial charge >= 0.3 is 5.97 Å². The molecule has 0 saturated carbocycles. The van der Waals surface area contributed by atoms with E-state index in [0.717, 1.165) is 25.7 Å². The SMILES string of the molecule is CCCCCCCCCCCCCCC(CCC)OOC(=O)c1ccccc1O. The van der Waals surface area contributed by atoms with Crippen LogP contribution in [0.15, 0.2) is 24.3 Å². The first-order valence-electron chi connectivity index (χ1n) is 11.8. The Hall–Kier alpha value is -1.55. The standard InChI is InChI=1S/C25H42O4/c1-3-5-6-7-8-9-10-11-12-13-14-15-19-22(18-4-2)28-29-25(27)23-20-16-17-21-24(23)26/h16-17,20-22,26H,3-15,18-19H2,1-2H3. The number of para-hydroxylation sites is 1. The average molecular weight is 407 g/mol. The van der Waals surface area contributed by atoms with E-state index in [0.29, 0.717) is 0 Å². The summed E-state index contributed by atoms with van der Waals surface area (Å²) in [6.07, 6.45) is 18.6. The molecule has 166 valence electrons. The van der Waals surface area contributed by atoms with Crippen LogP contribution in [0.25, 0.3) is 0 Å². The number of carbonyl (C=O) groups excluding carboxylic acids is 1. The van der Waals surface area contributed by atoms with Gasteiger partial charge in [0.2, 0.25) is 0 Å². The molecule has 0 aliphatic heterocycles. The van der Waals surface area contributed by atoms with Crippen LogP contribution in [-0.2, 0) is 9.78 Å². The van der Waals surface area contributed by atoms with Gasteiger partial charge in [-0.05, 0) is 25.0 Å². The fraction of sp³-hybridized carbons (Fsp3) is 0.720. The smallest absolute Gasteiger partial charge is 0.376 e. The predicted octanol–water partition coefficient (Wildman–Crippen LogP) is 7.74. The second-order valence-electron chi connectivity index (χ2n) is 8.07. The maximum Gasteiger partial charge on any atom is 0.376 e. The van der Waals surface area contributed by atoms with E-state index in [4.69, 9.17) is 9.78 Å². The normalized spacial score (nSPS) is 12.1. The van der Waals surface area contributed by atoms with Crippen LogP contribution in [0.3, 0.4) is 0 Å². The van der Waals surface area contributed by atoms with Crippen LogP contribution in [0.5, 0.6) is 5.75 Å². The number of unbranched alkanes of at least 4 members (excludes halogenated alkanes) is 11. The predicted molar refractivity (Wildman–Crippen MR) is 119 cm³/mol. The molecule has 1 N–H and O–H groups in total. The number of aromatic hydroxyl groups is 1. The van der Waals surface area contributed by atoms with Crippen molar-refractivity contribution in [3.63, 3.8) is 0 Å². The molecule has 0 bridgehead atoms. The molecule has 0 aromatic heterocycles. The molecule has 0 fully saturated rings. The Morgan fingerprint density at radius 2 is 1.34 bits per heavy atom. The van der Waals surface area contributed by atoms with Gasteiger partial charge in [0.1, 0.15) is 17.4 Å². The first kappa shape index (κ1) is 25.5. The fourth-order valence-corrected chi connectivity index (χ4v) is 3.58. The van der Waals surface area contributed by atoms with Gasteiger partial charge < -0.3 is 5.11 Å². The van der Waals surface area contributed by atoms with Gasteiger partial charge in [-0.1, -0.05) is 109 Å². The number of carbonyl (C=O) groups is 1. The number of rotatable bonds is 18. The van der Waals surface area contributed by atoms with E-state index in [2.05, 4.69) is 13.8 Å². The van der Waals surface area contributed by atoms with E-state index in [1.165, 1.54) is 82.8 Å². The number of phenolic OH excluding ortho intramolecular Hbond substituents is 1. The zero-order valence-electron chi connectivity index (χ0n) is 18.7. The van der Waals surface area contributed by atoms with Crippen molar-refractivity contribution in [3.05, 3.63) is 29.8 Å². The summed E-state index contributed by atoms with van der Waals surface area (Å²) in [5.41, 5.74) is 0.133. The molecule has 0 heterocycles. The van der Waals surface area contributed by atoms with Gasteiger partial charge in [0.15, 0.2) is 0 Å². The molecule has 1 unspecified atom stereocenters. The van der Waals surface area contributed by atoms with Gasteiger partial charge in [-0.15, -0.1) is 0 Å². The Morgan fingerprint density at radius 1 is 0.793 bits per heavy atom. The molecule has 1 rings (SSSR count). The molecule has 0 spiro atoms. The number of hydrogen-bond donors (Lipinski definition) is 1. The lowest BCUT2D eigenvalue weighted by Crippen LogP contribution is -2.17. The minimum absolute atomic E-state index is 0.0714. The van der Waals surface area contributed by atoms with Crippen LogP contribution in [-0.4, -0.2) is 17.2 Å². The Balaban J connectivity index is 2.08. The Kier molecular flexibility index (Phi) is 15.2. The molecular formula is C25H42O4. The highest BCUT2D eigenvalue weighted by atomic mass is 17.2. The summed E-state index contributed by atoms with van der Waals surface area (Å²) in [5, 5.41) is 9.72. The first-order chi connectivity index (χ1) is 14.2. The quantitative estimate of drug-likeness (QED) is 0.154. The lowest BCUT2D eigenvalue weighted by Gasteiger charge is -2.15. The zero-order chi connectivity index (χ0) is 21.2. The number of phenols is 1. The van der Waals surface area contributed by atoms with E-state index in [1.54, 1.807) is 12.1 Å². The van der Waals surface area contributed by atoms with Crippen molar-refractivity contribution in [1.82, 2.24) is 0 Å². The molecule has 4 nitrogen and oxygen atoms in total. The monoisotopic (exact) mass is 406 g/mol. The molecule has 1 aromatic rings.